The van der Waals surface area contributed by atoms with Crippen LogP contribution in [0, 0.1) is 17.1 Å². The van der Waals surface area contributed by atoms with Gasteiger partial charge >= 0.3 is 0 Å². The lowest BCUT2D eigenvalue weighted by Crippen LogP contribution is -2.20. The van der Waals surface area contributed by atoms with Crippen molar-refractivity contribution in [1.29, 1.82) is 5.26 Å². The SMILES string of the molecule is N#Cc1ccc(C2(N)CC2)c(F)c1. The maximum atomic E-state index is 13.3. The molecule has 1 aromatic rings. The Hall–Kier alpha value is -1.40. The summed E-state index contributed by atoms with van der Waals surface area (Å²) >= 11 is 0. The second-order valence-corrected chi connectivity index (χ2v) is 3.46. The molecule has 0 saturated heterocycles. The monoisotopic (exact) mass is 176 g/mol. The standard InChI is InChI=1S/C10H9FN2/c11-9-5-7(6-12)1-2-8(9)10(13)3-4-10/h1-2,5H,3-4,13H2. The molecule has 0 bridgehead atoms. The summed E-state index contributed by atoms with van der Waals surface area (Å²) < 4.78 is 13.3. The second-order valence-electron chi connectivity index (χ2n) is 3.46. The van der Waals surface area contributed by atoms with E-state index < -0.39 is 5.54 Å². The van der Waals surface area contributed by atoms with Crippen LogP contribution in [0.15, 0.2) is 18.2 Å². The Morgan fingerprint density at radius 3 is 2.62 bits per heavy atom. The van der Waals surface area contributed by atoms with Crippen LogP contribution in [0.4, 0.5) is 4.39 Å². The Morgan fingerprint density at radius 2 is 2.15 bits per heavy atom. The Morgan fingerprint density at radius 1 is 1.46 bits per heavy atom. The zero-order valence-corrected chi connectivity index (χ0v) is 7.05. The molecular formula is C10H9FN2. The summed E-state index contributed by atoms with van der Waals surface area (Å²) in [5, 5.41) is 8.52. The summed E-state index contributed by atoms with van der Waals surface area (Å²) in [6, 6.07) is 6.34. The van der Waals surface area contributed by atoms with E-state index in [0.717, 1.165) is 12.8 Å². The lowest BCUT2D eigenvalue weighted by molar-refractivity contribution is 0.577. The van der Waals surface area contributed by atoms with Crippen LogP contribution in [0.1, 0.15) is 24.0 Å². The molecule has 0 heterocycles. The molecule has 0 amide bonds. The Kier molecular flexibility index (Phi) is 1.61. The molecule has 1 fully saturated rings. The predicted octanol–water partition coefficient (Wildman–Crippen LogP) is 1.65. The number of nitrogens with two attached hydrogens (primary N) is 1. The van der Waals surface area contributed by atoms with Crippen LogP contribution in [0.3, 0.4) is 0 Å². The number of hydrogen-bond acceptors (Lipinski definition) is 2. The van der Waals surface area contributed by atoms with Crippen molar-refractivity contribution < 1.29 is 4.39 Å². The number of halogens is 1. The van der Waals surface area contributed by atoms with Crippen LogP contribution >= 0.6 is 0 Å². The number of nitriles is 1. The fourth-order valence-corrected chi connectivity index (χ4v) is 1.39. The zero-order chi connectivity index (χ0) is 9.47. The van der Waals surface area contributed by atoms with E-state index in [4.69, 9.17) is 11.0 Å². The van der Waals surface area contributed by atoms with E-state index >= 15 is 0 Å². The van der Waals surface area contributed by atoms with Crippen LogP contribution < -0.4 is 5.73 Å². The molecule has 0 aliphatic heterocycles. The van der Waals surface area contributed by atoms with Crippen molar-refractivity contribution in [2.45, 2.75) is 18.4 Å². The van der Waals surface area contributed by atoms with Gasteiger partial charge in [0.05, 0.1) is 11.6 Å². The number of rotatable bonds is 1. The molecule has 0 unspecified atom stereocenters. The van der Waals surface area contributed by atoms with Crippen molar-refractivity contribution in [1.82, 2.24) is 0 Å². The highest BCUT2D eigenvalue weighted by Crippen LogP contribution is 2.43. The van der Waals surface area contributed by atoms with E-state index in [9.17, 15) is 4.39 Å². The van der Waals surface area contributed by atoms with Crippen molar-refractivity contribution >= 4 is 0 Å². The van der Waals surface area contributed by atoms with Gasteiger partial charge in [0.1, 0.15) is 5.82 Å². The smallest absolute Gasteiger partial charge is 0.129 e. The van der Waals surface area contributed by atoms with Gasteiger partial charge in [-0.2, -0.15) is 5.26 Å². The molecule has 13 heavy (non-hydrogen) atoms. The molecule has 1 aliphatic carbocycles. The summed E-state index contributed by atoms with van der Waals surface area (Å²) in [5.41, 5.74) is 6.25. The van der Waals surface area contributed by atoms with Crippen molar-refractivity contribution in [3.05, 3.63) is 35.1 Å². The van der Waals surface area contributed by atoms with Crippen molar-refractivity contribution in [2.24, 2.45) is 5.73 Å². The van der Waals surface area contributed by atoms with Gasteiger partial charge in [0.2, 0.25) is 0 Å². The molecule has 1 saturated carbocycles. The summed E-state index contributed by atoms with van der Waals surface area (Å²) in [7, 11) is 0. The highest BCUT2D eigenvalue weighted by Gasteiger charge is 2.41. The van der Waals surface area contributed by atoms with Crippen molar-refractivity contribution in [2.75, 3.05) is 0 Å². The van der Waals surface area contributed by atoms with Gasteiger partial charge in [0.15, 0.2) is 0 Å². The first-order chi connectivity index (χ1) is 6.15. The van der Waals surface area contributed by atoms with E-state index in [2.05, 4.69) is 0 Å². The molecule has 0 atom stereocenters. The van der Waals surface area contributed by atoms with E-state index in [0.29, 0.717) is 11.1 Å². The number of hydrogen-bond donors (Lipinski definition) is 1. The van der Waals surface area contributed by atoms with Gasteiger partial charge in [0.25, 0.3) is 0 Å². The first-order valence-electron chi connectivity index (χ1n) is 4.15. The fraction of sp³-hybridized carbons (Fsp3) is 0.300. The Bertz CT molecular complexity index is 388. The molecule has 1 aromatic carbocycles. The topological polar surface area (TPSA) is 49.8 Å². The molecule has 2 nitrogen and oxygen atoms in total. The van der Waals surface area contributed by atoms with Gasteiger partial charge in [-0.05, 0) is 25.0 Å². The minimum Gasteiger partial charge on any atom is -0.321 e. The van der Waals surface area contributed by atoms with Gasteiger partial charge in [-0.25, -0.2) is 4.39 Å². The van der Waals surface area contributed by atoms with Gasteiger partial charge in [-0.1, -0.05) is 6.07 Å². The number of nitrogens with zero attached hydrogens (tertiary/aromatic N) is 1. The fourth-order valence-electron chi connectivity index (χ4n) is 1.39. The summed E-state index contributed by atoms with van der Waals surface area (Å²) in [6.07, 6.45) is 1.66. The maximum Gasteiger partial charge on any atom is 0.129 e. The Balaban J connectivity index is 2.45. The second kappa shape index (κ2) is 2.54. The van der Waals surface area contributed by atoms with E-state index in [-0.39, 0.29) is 5.82 Å². The number of benzene rings is 1. The van der Waals surface area contributed by atoms with Crippen LogP contribution in [0.2, 0.25) is 0 Å². The van der Waals surface area contributed by atoms with Crippen LogP contribution in [-0.4, -0.2) is 0 Å². The molecule has 2 rings (SSSR count). The third-order valence-electron chi connectivity index (χ3n) is 2.42. The average Bonchev–Trinajstić information content (AvgIpc) is 2.84. The molecule has 66 valence electrons. The largest absolute Gasteiger partial charge is 0.321 e. The molecule has 3 heteroatoms. The van der Waals surface area contributed by atoms with Crippen molar-refractivity contribution in [3.8, 4) is 6.07 Å². The molecule has 1 aliphatic rings. The summed E-state index contributed by atoms with van der Waals surface area (Å²) in [5.74, 6) is -0.362. The minimum atomic E-state index is -0.460. The van der Waals surface area contributed by atoms with Gasteiger partial charge in [0, 0.05) is 11.1 Å². The van der Waals surface area contributed by atoms with E-state index in [1.54, 1.807) is 12.1 Å². The van der Waals surface area contributed by atoms with Gasteiger partial charge in [-0.3, -0.25) is 0 Å². The van der Waals surface area contributed by atoms with Crippen LogP contribution in [-0.2, 0) is 5.54 Å². The average molecular weight is 176 g/mol. The highest BCUT2D eigenvalue weighted by molar-refractivity contribution is 5.38. The van der Waals surface area contributed by atoms with Crippen molar-refractivity contribution in [3.63, 3.8) is 0 Å². The van der Waals surface area contributed by atoms with Gasteiger partial charge in [-0.15, -0.1) is 0 Å². The first kappa shape index (κ1) is 8.21. The quantitative estimate of drug-likeness (QED) is 0.707. The lowest BCUT2D eigenvalue weighted by Gasteiger charge is -2.09. The maximum absolute atomic E-state index is 13.3. The highest BCUT2D eigenvalue weighted by atomic mass is 19.1. The van der Waals surface area contributed by atoms with Crippen LogP contribution in [0.5, 0.6) is 0 Å². The molecule has 0 spiro atoms. The van der Waals surface area contributed by atoms with Crippen LogP contribution in [0.25, 0.3) is 0 Å². The third-order valence-corrected chi connectivity index (χ3v) is 2.42. The zero-order valence-electron chi connectivity index (χ0n) is 7.05. The Labute approximate surface area is 75.8 Å². The van der Waals surface area contributed by atoms with E-state index in [1.807, 2.05) is 6.07 Å². The predicted molar refractivity (Wildman–Crippen MR) is 46.2 cm³/mol. The van der Waals surface area contributed by atoms with Gasteiger partial charge < -0.3 is 5.73 Å². The molecule has 0 aromatic heterocycles. The minimum absolute atomic E-state index is 0.338. The molecule has 2 N–H and O–H groups in total. The lowest BCUT2D eigenvalue weighted by atomic mass is 10.0. The summed E-state index contributed by atoms with van der Waals surface area (Å²) in [4.78, 5) is 0. The molecular weight excluding hydrogens is 167 g/mol. The normalized spacial score (nSPS) is 17.9. The summed E-state index contributed by atoms with van der Waals surface area (Å²) in [6.45, 7) is 0. The molecule has 0 radical (unpaired) electrons. The third kappa shape index (κ3) is 1.30. The first-order valence-corrected chi connectivity index (χ1v) is 4.15. The van der Waals surface area contributed by atoms with E-state index in [1.165, 1.54) is 6.07 Å².